The van der Waals surface area contributed by atoms with Gasteiger partial charge in [-0.15, -0.1) is 0 Å². The Bertz CT molecular complexity index is 652. The molecule has 1 fully saturated rings. The van der Waals surface area contributed by atoms with Crippen LogP contribution in [-0.4, -0.2) is 40.7 Å². The Morgan fingerprint density at radius 2 is 2.08 bits per heavy atom. The van der Waals surface area contributed by atoms with Crippen molar-refractivity contribution in [3.05, 3.63) is 29.8 Å². The van der Waals surface area contributed by atoms with Crippen LogP contribution in [0.25, 0.3) is 0 Å². The maximum Gasteiger partial charge on any atom is 0.437 e. The van der Waals surface area contributed by atoms with Crippen LogP contribution in [0, 0.1) is 5.92 Å². The molecule has 1 aromatic rings. The number of nitrogens with one attached hydrogen (secondary N) is 2. The predicted molar refractivity (Wildman–Crippen MR) is 73.6 cm³/mol. The highest BCUT2D eigenvalue weighted by Crippen LogP contribution is 2.43. The zero-order valence-electron chi connectivity index (χ0n) is 12.4. The first-order valence-electron chi connectivity index (χ1n) is 6.93. The summed E-state index contributed by atoms with van der Waals surface area (Å²) in [6, 6.07) is 2.11. The fraction of sp³-hybridized carbons (Fsp3) is 0.429. The summed E-state index contributed by atoms with van der Waals surface area (Å²) in [5, 5.41) is 23.1. The van der Waals surface area contributed by atoms with E-state index in [9.17, 15) is 33.0 Å². The number of urea groups is 1. The number of benzene rings is 1. The molecule has 0 radical (unpaired) electrons. The monoisotopic (exact) mass is 348 g/mol. The molecule has 24 heavy (non-hydrogen) atoms. The molecule has 4 N–H and O–H groups in total. The van der Waals surface area contributed by atoms with Crippen LogP contribution in [-0.2, 0) is 9.53 Å². The highest BCUT2D eigenvalue weighted by atomic mass is 19.4. The van der Waals surface area contributed by atoms with Crippen molar-refractivity contribution >= 4 is 12.0 Å². The minimum absolute atomic E-state index is 0.00516. The molecule has 0 unspecified atom stereocenters. The Kier molecular flexibility index (Phi) is 4.61. The van der Waals surface area contributed by atoms with E-state index < -0.39 is 35.9 Å². The molecule has 1 heterocycles. The number of carbonyl (C=O) groups is 2. The lowest BCUT2D eigenvalue weighted by Gasteiger charge is -2.44. The Morgan fingerprint density at radius 1 is 1.42 bits per heavy atom. The Hall–Kier alpha value is -2.49. The lowest BCUT2D eigenvalue weighted by Crippen LogP contribution is -2.73. The van der Waals surface area contributed by atoms with Gasteiger partial charge in [-0.1, -0.05) is 12.1 Å². The summed E-state index contributed by atoms with van der Waals surface area (Å²) in [5.74, 6) is -3.84. The summed E-state index contributed by atoms with van der Waals surface area (Å²) in [6.45, 7) is 1.17. The molecule has 0 saturated carbocycles. The number of aliphatic hydroxyl groups is 1. The number of aromatic hydroxyl groups is 1. The molecule has 0 aliphatic carbocycles. The van der Waals surface area contributed by atoms with Gasteiger partial charge in [-0.25, -0.2) is 4.79 Å². The van der Waals surface area contributed by atoms with Gasteiger partial charge in [0.05, 0.1) is 12.6 Å². The molecule has 7 nitrogen and oxygen atoms in total. The number of esters is 1. The number of ether oxygens (including phenoxy) is 1. The molecule has 2 rings (SSSR count). The van der Waals surface area contributed by atoms with Crippen LogP contribution in [0.5, 0.6) is 5.75 Å². The van der Waals surface area contributed by atoms with E-state index in [2.05, 4.69) is 10.1 Å². The molecule has 3 atom stereocenters. The summed E-state index contributed by atoms with van der Waals surface area (Å²) >= 11 is 0. The van der Waals surface area contributed by atoms with Gasteiger partial charge in [0.25, 0.3) is 5.72 Å². The Morgan fingerprint density at radius 3 is 2.62 bits per heavy atom. The Labute approximate surface area is 134 Å². The topological polar surface area (TPSA) is 108 Å². The van der Waals surface area contributed by atoms with Gasteiger partial charge in [0.1, 0.15) is 11.7 Å². The van der Waals surface area contributed by atoms with Crippen molar-refractivity contribution in [3.63, 3.8) is 0 Å². The molecule has 0 bridgehead atoms. The molecule has 0 spiro atoms. The third-order valence-electron chi connectivity index (χ3n) is 3.58. The molecule has 132 valence electrons. The number of phenols is 1. The third kappa shape index (κ3) is 3.09. The SMILES string of the molecule is CCOC(=O)[C@@H]1[C@H](c2cccc(O)c2)NC(=O)N[C@]1(O)C(F)(F)F. The quantitative estimate of drug-likeness (QED) is 0.614. The van der Waals surface area contributed by atoms with Gasteiger partial charge >= 0.3 is 18.2 Å². The summed E-state index contributed by atoms with van der Waals surface area (Å²) in [5.41, 5.74) is -3.82. The van der Waals surface area contributed by atoms with Gasteiger partial charge in [-0.05, 0) is 24.6 Å². The van der Waals surface area contributed by atoms with Crippen LogP contribution >= 0.6 is 0 Å². The van der Waals surface area contributed by atoms with E-state index in [1.54, 1.807) is 0 Å². The average molecular weight is 348 g/mol. The van der Waals surface area contributed by atoms with Crippen molar-refractivity contribution in [1.82, 2.24) is 10.6 Å². The summed E-state index contributed by atoms with van der Waals surface area (Å²) < 4.78 is 44.7. The summed E-state index contributed by atoms with van der Waals surface area (Å²) in [6.07, 6.45) is -5.34. The second-order valence-corrected chi connectivity index (χ2v) is 5.16. The maximum atomic E-state index is 13.4. The van der Waals surface area contributed by atoms with Crippen LogP contribution in [0.4, 0.5) is 18.0 Å². The maximum absolute atomic E-state index is 13.4. The summed E-state index contributed by atoms with van der Waals surface area (Å²) in [4.78, 5) is 23.7. The molecule has 1 aromatic carbocycles. The number of halogens is 3. The first kappa shape index (κ1) is 17.9. The van der Waals surface area contributed by atoms with Crippen LogP contribution in [0.1, 0.15) is 18.5 Å². The zero-order valence-corrected chi connectivity index (χ0v) is 12.4. The van der Waals surface area contributed by atoms with Crippen molar-refractivity contribution in [2.75, 3.05) is 6.61 Å². The highest BCUT2D eigenvalue weighted by molar-refractivity contribution is 5.83. The van der Waals surface area contributed by atoms with E-state index in [-0.39, 0.29) is 17.9 Å². The molecule has 1 aliphatic heterocycles. The van der Waals surface area contributed by atoms with Crippen molar-refractivity contribution in [2.24, 2.45) is 5.92 Å². The number of rotatable bonds is 3. The van der Waals surface area contributed by atoms with Crippen LogP contribution in [0.2, 0.25) is 0 Å². The van der Waals surface area contributed by atoms with E-state index in [1.165, 1.54) is 30.4 Å². The number of carbonyl (C=O) groups excluding carboxylic acids is 2. The smallest absolute Gasteiger partial charge is 0.437 e. The second-order valence-electron chi connectivity index (χ2n) is 5.16. The van der Waals surface area contributed by atoms with E-state index >= 15 is 0 Å². The van der Waals surface area contributed by atoms with E-state index in [0.29, 0.717) is 0 Å². The fourth-order valence-corrected chi connectivity index (χ4v) is 2.53. The standard InChI is InChI=1S/C14H15F3N2O5/c1-2-24-11(21)9-10(7-4-3-5-8(20)6-7)18-12(22)19-13(9,23)14(15,16)17/h3-6,9-10,20,23H,2H2,1H3,(H2,18,19,22)/t9-,10-,13+/m0/s1. The van der Waals surface area contributed by atoms with Crippen molar-refractivity contribution < 1.29 is 37.7 Å². The molecule has 1 aliphatic rings. The van der Waals surface area contributed by atoms with Crippen molar-refractivity contribution in [2.45, 2.75) is 24.9 Å². The van der Waals surface area contributed by atoms with Crippen LogP contribution < -0.4 is 10.6 Å². The van der Waals surface area contributed by atoms with Gasteiger partial charge < -0.3 is 25.6 Å². The second kappa shape index (κ2) is 6.19. The minimum Gasteiger partial charge on any atom is -0.508 e. The third-order valence-corrected chi connectivity index (χ3v) is 3.58. The molecule has 1 saturated heterocycles. The highest BCUT2D eigenvalue weighted by Gasteiger charge is 2.67. The van der Waals surface area contributed by atoms with Crippen molar-refractivity contribution in [1.29, 1.82) is 0 Å². The lowest BCUT2D eigenvalue weighted by atomic mass is 9.82. The minimum atomic E-state index is -5.34. The number of hydrogen-bond acceptors (Lipinski definition) is 5. The van der Waals surface area contributed by atoms with Gasteiger partial charge in [0, 0.05) is 0 Å². The normalized spacial score (nSPS) is 27.1. The van der Waals surface area contributed by atoms with Gasteiger partial charge in [0.15, 0.2) is 0 Å². The average Bonchev–Trinajstić information content (AvgIpc) is 2.45. The first-order chi connectivity index (χ1) is 11.1. The molecule has 10 heteroatoms. The number of alkyl halides is 3. The van der Waals surface area contributed by atoms with Crippen LogP contribution in [0.15, 0.2) is 24.3 Å². The zero-order chi connectivity index (χ0) is 18.1. The van der Waals surface area contributed by atoms with Crippen LogP contribution in [0.3, 0.4) is 0 Å². The fourth-order valence-electron chi connectivity index (χ4n) is 2.53. The molecular weight excluding hydrogens is 333 g/mol. The van der Waals surface area contributed by atoms with E-state index in [4.69, 9.17) is 0 Å². The Balaban J connectivity index is 2.57. The molecular formula is C14H15F3N2O5. The number of amides is 2. The van der Waals surface area contributed by atoms with E-state index in [1.807, 2.05) is 0 Å². The van der Waals surface area contributed by atoms with Gasteiger partial charge in [-0.3, -0.25) is 4.79 Å². The molecule has 0 aromatic heterocycles. The largest absolute Gasteiger partial charge is 0.508 e. The predicted octanol–water partition coefficient (Wildman–Crippen LogP) is 1.18. The summed E-state index contributed by atoms with van der Waals surface area (Å²) in [7, 11) is 0. The van der Waals surface area contributed by atoms with Gasteiger partial charge in [0.2, 0.25) is 0 Å². The first-order valence-corrected chi connectivity index (χ1v) is 6.93. The molecule has 2 amide bonds. The number of phenolic OH excluding ortho intramolecular Hbond substituents is 1. The van der Waals surface area contributed by atoms with Crippen molar-refractivity contribution in [3.8, 4) is 5.75 Å². The van der Waals surface area contributed by atoms with Gasteiger partial charge in [-0.2, -0.15) is 13.2 Å². The number of hydrogen-bond donors (Lipinski definition) is 4. The lowest BCUT2D eigenvalue weighted by molar-refractivity contribution is -0.294. The van der Waals surface area contributed by atoms with E-state index in [0.717, 1.165) is 6.07 Å².